The Balaban J connectivity index is 1.65. The van der Waals surface area contributed by atoms with Crippen molar-refractivity contribution in [3.8, 4) is 17.0 Å². The Morgan fingerprint density at radius 1 is 1.23 bits per heavy atom. The predicted molar refractivity (Wildman–Crippen MR) is 111 cm³/mol. The Morgan fingerprint density at radius 2 is 1.97 bits per heavy atom. The second kappa shape index (κ2) is 8.99. The number of hydrogen-bond donors (Lipinski definition) is 1. The van der Waals surface area contributed by atoms with Gasteiger partial charge in [0.25, 0.3) is 17.2 Å². The van der Waals surface area contributed by atoms with E-state index in [4.69, 9.17) is 4.74 Å². The zero-order valence-electron chi connectivity index (χ0n) is 16.5. The summed E-state index contributed by atoms with van der Waals surface area (Å²) < 4.78 is 6.50. The number of nitrogens with zero attached hydrogens (tertiary/aromatic N) is 3. The fourth-order valence-corrected chi connectivity index (χ4v) is 2.97. The zero-order valence-corrected chi connectivity index (χ0v) is 16.5. The van der Waals surface area contributed by atoms with E-state index >= 15 is 0 Å². The van der Waals surface area contributed by atoms with E-state index in [1.54, 1.807) is 19.2 Å². The van der Waals surface area contributed by atoms with Crippen LogP contribution in [0.3, 0.4) is 0 Å². The van der Waals surface area contributed by atoms with Crippen molar-refractivity contribution in [3.63, 3.8) is 0 Å². The van der Waals surface area contributed by atoms with Gasteiger partial charge in [0, 0.05) is 41.9 Å². The van der Waals surface area contributed by atoms with Crippen LogP contribution in [0.5, 0.6) is 5.75 Å². The Hall–Kier alpha value is -4.01. The lowest BCUT2D eigenvalue weighted by molar-refractivity contribution is -0.385. The van der Waals surface area contributed by atoms with Crippen LogP contribution in [-0.4, -0.2) is 34.0 Å². The van der Waals surface area contributed by atoms with Crippen LogP contribution >= 0.6 is 0 Å². The highest BCUT2D eigenvalue weighted by molar-refractivity contribution is 5.96. The van der Waals surface area contributed by atoms with Crippen molar-refractivity contribution in [2.45, 2.75) is 13.5 Å². The topological polar surface area (TPSA) is 116 Å². The molecule has 0 aliphatic rings. The molecule has 0 aliphatic heterocycles. The first-order valence-electron chi connectivity index (χ1n) is 9.14. The van der Waals surface area contributed by atoms with Gasteiger partial charge in [-0.25, -0.2) is 4.98 Å². The van der Waals surface area contributed by atoms with Crippen LogP contribution in [0.4, 0.5) is 5.69 Å². The molecule has 9 heteroatoms. The van der Waals surface area contributed by atoms with E-state index in [9.17, 15) is 19.7 Å². The fourth-order valence-electron chi connectivity index (χ4n) is 2.97. The third kappa shape index (κ3) is 4.52. The van der Waals surface area contributed by atoms with Crippen molar-refractivity contribution in [2.75, 3.05) is 13.7 Å². The molecular formula is C21H20N4O5. The maximum Gasteiger partial charge on any atom is 0.273 e. The van der Waals surface area contributed by atoms with E-state index in [0.29, 0.717) is 17.0 Å². The average Bonchev–Trinajstić information content (AvgIpc) is 2.74. The number of nitro benzene ring substituents is 1. The highest BCUT2D eigenvalue weighted by Crippen LogP contribution is 2.21. The average molecular weight is 408 g/mol. The summed E-state index contributed by atoms with van der Waals surface area (Å²) in [6.45, 7) is 1.91. The lowest BCUT2D eigenvalue weighted by Gasteiger charge is -2.10. The minimum Gasteiger partial charge on any atom is -0.497 e. The number of methoxy groups -OCH3 is 1. The van der Waals surface area contributed by atoms with Gasteiger partial charge in [-0.15, -0.1) is 0 Å². The van der Waals surface area contributed by atoms with Crippen LogP contribution in [0.1, 0.15) is 15.9 Å². The molecule has 0 saturated heterocycles. The number of amides is 1. The number of rotatable bonds is 7. The molecule has 0 spiro atoms. The van der Waals surface area contributed by atoms with Crippen molar-refractivity contribution >= 4 is 11.6 Å². The van der Waals surface area contributed by atoms with E-state index < -0.39 is 10.8 Å². The van der Waals surface area contributed by atoms with Gasteiger partial charge in [0.1, 0.15) is 5.75 Å². The summed E-state index contributed by atoms with van der Waals surface area (Å²) in [5, 5.41) is 13.7. The second-order valence-corrected chi connectivity index (χ2v) is 6.50. The molecule has 0 atom stereocenters. The van der Waals surface area contributed by atoms with Crippen molar-refractivity contribution < 1.29 is 14.5 Å². The lowest BCUT2D eigenvalue weighted by atomic mass is 10.1. The minimum absolute atomic E-state index is 0.114. The van der Waals surface area contributed by atoms with E-state index in [1.807, 2.05) is 12.1 Å². The third-order valence-corrected chi connectivity index (χ3v) is 4.65. The number of ether oxygens (including phenoxy) is 1. The molecule has 0 fully saturated rings. The van der Waals surface area contributed by atoms with Gasteiger partial charge < -0.3 is 10.1 Å². The summed E-state index contributed by atoms with van der Waals surface area (Å²) in [7, 11) is 1.58. The Kier molecular flexibility index (Phi) is 6.21. The zero-order chi connectivity index (χ0) is 21.7. The lowest BCUT2D eigenvalue weighted by Crippen LogP contribution is -2.31. The first-order chi connectivity index (χ1) is 14.4. The molecule has 0 unspecified atom stereocenters. The van der Waals surface area contributed by atoms with E-state index in [2.05, 4.69) is 10.3 Å². The normalized spacial score (nSPS) is 10.5. The van der Waals surface area contributed by atoms with Gasteiger partial charge in [-0.2, -0.15) is 0 Å². The molecule has 1 amide bonds. The van der Waals surface area contributed by atoms with Gasteiger partial charge in [-0.1, -0.05) is 6.07 Å². The van der Waals surface area contributed by atoms with Crippen molar-refractivity contribution in [3.05, 3.63) is 86.5 Å². The van der Waals surface area contributed by atoms with Crippen LogP contribution in [0.15, 0.2) is 59.7 Å². The summed E-state index contributed by atoms with van der Waals surface area (Å²) in [6.07, 6.45) is 1.42. The highest BCUT2D eigenvalue weighted by Gasteiger charge is 2.17. The number of carbonyl (C=O) groups excluding carboxylic acids is 1. The van der Waals surface area contributed by atoms with Gasteiger partial charge in [0.2, 0.25) is 0 Å². The number of hydrogen-bond acceptors (Lipinski definition) is 6. The van der Waals surface area contributed by atoms with Gasteiger partial charge >= 0.3 is 0 Å². The number of benzene rings is 2. The number of nitro groups is 1. The van der Waals surface area contributed by atoms with Crippen LogP contribution < -0.4 is 15.6 Å². The van der Waals surface area contributed by atoms with Crippen LogP contribution in [-0.2, 0) is 6.54 Å². The van der Waals surface area contributed by atoms with E-state index in [0.717, 1.165) is 5.56 Å². The quantitative estimate of drug-likeness (QED) is 0.474. The molecule has 0 saturated carbocycles. The largest absolute Gasteiger partial charge is 0.497 e. The summed E-state index contributed by atoms with van der Waals surface area (Å²) in [5.74, 6) is 0.272. The molecule has 2 aromatic carbocycles. The van der Waals surface area contributed by atoms with Crippen molar-refractivity contribution in [1.29, 1.82) is 0 Å². The molecule has 154 valence electrons. The molecular weight excluding hydrogens is 388 g/mol. The number of carbonyl (C=O) groups is 1. The van der Waals surface area contributed by atoms with Gasteiger partial charge in [-0.05, 0) is 37.3 Å². The van der Waals surface area contributed by atoms with Gasteiger partial charge in [0.15, 0.2) is 0 Å². The molecule has 0 bridgehead atoms. The van der Waals surface area contributed by atoms with Crippen molar-refractivity contribution in [1.82, 2.24) is 14.9 Å². The maximum absolute atomic E-state index is 12.4. The van der Waals surface area contributed by atoms with Crippen molar-refractivity contribution in [2.24, 2.45) is 0 Å². The molecule has 1 N–H and O–H groups in total. The van der Waals surface area contributed by atoms with Gasteiger partial charge in [-0.3, -0.25) is 24.3 Å². The Bertz CT molecular complexity index is 1140. The predicted octanol–water partition coefficient (Wildman–Crippen LogP) is 2.57. The molecule has 9 nitrogen and oxygen atoms in total. The monoisotopic (exact) mass is 408 g/mol. The van der Waals surface area contributed by atoms with Gasteiger partial charge in [0.05, 0.1) is 24.1 Å². The summed E-state index contributed by atoms with van der Waals surface area (Å²) in [6, 6.07) is 13.0. The maximum atomic E-state index is 12.4. The molecule has 30 heavy (non-hydrogen) atoms. The SMILES string of the molecule is COc1ccc(-c2cc(=O)n(CCNC(=O)c3cccc([N+](=O)[O-])c3C)cn2)cc1. The highest BCUT2D eigenvalue weighted by atomic mass is 16.6. The fraction of sp³-hybridized carbons (Fsp3) is 0.190. The molecule has 3 rings (SSSR count). The third-order valence-electron chi connectivity index (χ3n) is 4.65. The van der Waals surface area contributed by atoms with E-state index in [-0.39, 0.29) is 29.9 Å². The second-order valence-electron chi connectivity index (χ2n) is 6.50. The summed E-state index contributed by atoms with van der Waals surface area (Å²) in [4.78, 5) is 39.5. The minimum atomic E-state index is -0.526. The first-order valence-corrected chi connectivity index (χ1v) is 9.14. The van der Waals surface area contributed by atoms with Crippen LogP contribution in [0.25, 0.3) is 11.3 Å². The Labute approximate surface area is 172 Å². The molecule has 0 radical (unpaired) electrons. The molecule has 0 aliphatic carbocycles. The first kappa shape index (κ1) is 20.7. The Morgan fingerprint density at radius 3 is 2.60 bits per heavy atom. The number of nitrogens with one attached hydrogen (secondary N) is 1. The standard InChI is InChI=1S/C21H20N4O5/c1-14-17(4-3-5-19(14)25(28)29)21(27)22-10-11-24-13-23-18(12-20(24)26)15-6-8-16(30-2)9-7-15/h3-9,12-13H,10-11H2,1-2H3,(H,22,27). The number of aromatic nitrogens is 2. The molecule has 3 aromatic rings. The van der Waals surface area contributed by atoms with Crippen LogP contribution in [0.2, 0.25) is 0 Å². The van der Waals surface area contributed by atoms with Crippen LogP contribution in [0, 0.1) is 17.0 Å². The molecule has 1 aromatic heterocycles. The summed E-state index contributed by atoms with van der Waals surface area (Å²) in [5.41, 5.74) is 1.48. The molecule has 1 heterocycles. The smallest absolute Gasteiger partial charge is 0.273 e. The van der Waals surface area contributed by atoms with E-state index in [1.165, 1.54) is 42.1 Å². The summed E-state index contributed by atoms with van der Waals surface area (Å²) >= 11 is 0.